The van der Waals surface area contributed by atoms with E-state index in [-0.39, 0.29) is 17.3 Å². The van der Waals surface area contributed by atoms with Gasteiger partial charge in [0.05, 0.1) is 5.75 Å². The minimum atomic E-state index is -2.98. The zero-order valence-electron chi connectivity index (χ0n) is 7.84. The first-order chi connectivity index (χ1) is 6.59. The molecule has 5 nitrogen and oxygen atoms in total. The molecule has 0 radical (unpaired) electrons. The number of aryl methyl sites for hydroxylation is 1. The summed E-state index contributed by atoms with van der Waals surface area (Å²) in [5, 5.41) is 8.61. The van der Waals surface area contributed by atoms with Crippen molar-refractivity contribution in [3.8, 4) is 6.07 Å². The Morgan fingerprint density at radius 2 is 2.36 bits per heavy atom. The van der Waals surface area contributed by atoms with Gasteiger partial charge in [0.25, 0.3) is 0 Å². The lowest BCUT2D eigenvalue weighted by Crippen LogP contribution is -2.15. The lowest BCUT2D eigenvalue weighted by atomic mass is 10.6. The first kappa shape index (κ1) is 10.7. The van der Waals surface area contributed by atoms with Gasteiger partial charge in [-0.3, -0.25) is 0 Å². The van der Waals surface area contributed by atoms with Crippen LogP contribution in [0.4, 0.5) is 0 Å². The van der Waals surface area contributed by atoms with Gasteiger partial charge in [-0.25, -0.2) is 13.4 Å². The van der Waals surface area contributed by atoms with Crippen LogP contribution in [0, 0.1) is 11.3 Å². The summed E-state index contributed by atoms with van der Waals surface area (Å²) in [4.78, 5) is 3.77. The number of nitrogens with zero attached hydrogens (tertiary/aromatic N) is 3. The summed E-state index contributed by atoms with van der Waals surface area (Å²) < 4.78 is 23.9. The van der Waals surface area contributed by atoms with E-state index >= 15 is 0 Å². The minimum Gasteiger partial charge on any atom is -0.322 e. The van der Waals surface area contributed by atoms with E-state index < -0.39 is 9.84 Å². The average Bonchev–Trinajstić information content (AvgIpc) is 2.62. The minimum absolute atomic E-state index is 0.0501. The molecule has 14 heavy (non-hydrogen) atoms. The third kappa shape index (κ3) is 2.57. The van der Waals surface area contributed by atoms with Crippen LogP contribution in [0.5, 0.6) is 0 Å². The third-order valence-electron chi connectivity index (χ3n) is 1.90. The third-order valence-corrected chi connectivity index (χ3v) is 3.58. The highest BCUT2D eigenvalue weighted by Gasteiger charge is 2.09. The molecule has 0 N–H and O–H groups in total. The summed E-state index contributed by atoms with van der Waals surface area (Å²) in [6.45, 7) is 1.90. The molecule has 1 heterocycles. The standard InChI is InChI=1S/C8H11N3O2S/c1-2-14(12,13)6-5-11-4-3-10-8(11)7-9/h3-4H,2,5-6H2,1H3. The van der Waals surface area contributed by atoms with Gasteiger partial charge in [-0.05, 0) is 0 Å². The summed E-state index contributed by atoms with van der Waals surface area (Å²) in [5.41, 5.74) is 0. The highest BCUT2D eigenvalue weighted by atomic mass is 32.2. The van der Waals surface area contributed by atoms with Crippen molar-refractivity contribution in [3.05, 3.63) is 18.2 Å². The molecule has 0 bridgehead atoms. The zero-order valence-corrected chi connectivity index (χ0v) is 8.66. The Balaban J connectivity index is 2.68. The van der Waals surface area contributed by atoms with Gasteiger partial charge in [0.15, 0.2) is 9.84 Å². The SMILES string of the molecule is CCS(=O)(=O)CCn1ccnc1C#N. The van der Waals surface area contributed by atoms with Gasteiger partial charge in [0.1, 0.15) is 6.07 Å². The summed E-state index contributed by atoms with van der Waals surface area (Å²) in [7, 11) is -2.98. The smallest absolute Gasteiger partial charge is 0.212 e. The van der Waals surface area contributed by atoms with Crippen LogP contribution in [0.15, 0.2) is 12.4 Å². The first-order valence-electron chi connectivity index (χ1n) is 4.20. The predicted octanol–water partition coefficient (Wildman–Crippen LogP) is 0.189. The van der Waals surface area contributed by atoms with E-state index in [1.807, 2.05) is 6.07 Å². The van der Waals surface area contributed by atoms with Gasteiger partial charge in [-0.1, -0.05) is 6.92 Å². The monoisotopic (exact) mass is 213 g/mol. The number of nitriles is 1. The quantitative estimate of drug-likeness (QED) is 0.715. The summed E-state index contributed by atoms with van der Waals surface area (Å²) in [6.07, 6.45) is 3.08. The summed E-state index contributed by atoms with van der Waals surface area (Å²) in [5.74, 6) is 0.425. The molecule has 0 amide bonds. The first-order valence-corrected chi connectivity index (χ1v) is 6.03. The fourth-order valence-corrected chi connectivity index (χ4v) is 1.75. The van der Waals surface area contributed by atoms with Gasteiger partial charge < -0.3 is 4.57 Å². The molecule has 0 fully saturated rings. The Morgan fingerprint density at radius 3 is 2.93 bits per heavy atom. The molecule has 6 heteroatoms. The zero-order chi connectivity index (χ0) is 10.6. The normalized spacial score (nSPS) is 11.1. The number of rotatable bonds is 4. The fourth-order valence-electron chi connectivity index (χ4n) is 0.984. The largest absolute Gasteiger partial charge is 0.322 e. The van der Waals surface area contributed by atoms with Crippen molar-refractivity contribution < 1.29 is 8.42 Å². The van der Waals surface area contributed by atoms with Crippen LogP contribution in [0.2, 0.25) is 0 Å². The molecule has 0 aliphatic rings. The van der Waals surface area contributed by atoms with Crippen LogP contribution in [-0.2, 0) is 16.4 Å². The van der Waals surface area contributed by atoms with E-state index in [0.29, 0.717) is 6.54 Å². The fraction of sp³-hybridized carbons (Fsp3) is 0.500. The van der Waals surface area contributed by atoms with Gasteiger partial charge in [-0.2, -0.15) is 5.26 Å². The molecule has 0 aromatic carbocycles. The molecule has 0 aliphatic heterocycles. The molecule has 0 saturated carbocycles. The van der Waals surface area contributed by atoms with Crippen LogP contribution in [-0.4, -0.2) is 29.5 Å². The molecule has 76 valence electrons. The van der Waals surface area contributed by atoms with E-state index in [4.69, 9.17) is 5.26 Å². The van der Waals surface area contributed by atoms with Crippen LogP contribution >= 0.6 is 0 Å². The van der Waals surface area contributed by atoms with Crippen LogP contribution in [0.3, 0.4) is 0 Å². The molecule has 1 rings (SSSR count). The van der Waals surface area contributed by atoms with E-state index in [2.05, 4.69) is 4.98 Å². The second-order valence-electron chi connectivity index (χ2n) is 2.79. The number of sulfone groups is 1. The highest BCUT2D eigenvalue weighted by molar-refractivity contribution is 7.91. The van der Waals surface area contributed by atoms with Crippen LogP contribution in [0.1, 0.15) is 12.7 Å². The Hall–Kier alpha value is -1.35. The van der Waals surface area contributed by atoms with Crippen molar-refractivity contribution in [1.82, 2.24) is 9.55 Å². The summed E-state index contributed by atoms with van der Waals surface area (Å²) in [6, 6.07) is 1.89. The van der Waals surface area contributed by atoms with Crippen molar-refractivity contribution in [1.29, 1.82) is 5.26 Å². The summed E-state index contributed by atoms with van der Waals surface area (Å²) >= 11 is 0. The van der Waals surface area contributed by atoms with Gasteiger partial charge >= 0.3 is 0 Å². The van der Waals surface area contributed by atoms with Gasteiger partial charge in [0, 0.05) is 24.7 Å². The lowest BCUT2D eigenvalue weighted by Gasteiger charge is -2.02. The van der Waals surface area contributed by atoms with E-state index in [0.717, 1.165) is 0 Å². The molecule has 1 aromatic heterocycles. The molecule has 0 saturated heterocycles. The topological polar surface area (TPSA) is 75.8 Å². The molecular formula is C8H11N3O2S. The van der Waals surface area contributed by atoms with Crippen molar-refractivity contribution in [2.75, 3.05) is 11.5 Å². The Bertz CT molecular complexity index is 441. The molecule has 0 aliphatic carbocycles. The average molecular weight is 213 g/mol. The number of aromatic nitrogens is 2. The highest BCUT2D eigenvalue weighted by Crippen LogP contribution is 1.98. The van der Waals surface area contributed by atoms with E-state index in [9.17, 15) is 8.42 Å². The van der Waals surface area contributed by atoms with Gasteiger partial charge in [-0.15, -0.1) is 0 Å². The second-order valence-corrected chi connectivity index (χ2v) is 5.27. The van der Waals surface area contributed by atoms with Crippen LogP contribution < -0.4 is 0 Å². The molecular weight excluding hydrogens is 202 g/mol. The lowest BCUT2D eigenvalue weighted by molar-refractivity contribution is 0.589. The van der Waals surface area contributed by atoms with Gasteiger partial charge in [0.2, 0.25) is 5.82 Å². The van der Waals surface area contributed by atoms with Crippen molar-refractivity contribution in [3.63, 3.8) is 0 Å². The van der Waals surface area contributed by atoms with Crippen molar-refractivity contribution >= 4 is 9.84 Å². The molecule has 0 atom stereocenters. The number of hydrogen-bond donors (Lipinski definition) is 0. The van der Waals surface area contributed by atoms with Crippen LogP contribution in [0.25, 0.3) is 0 Å². The molecule has 1 aromatic rings. The molecule has 0 unspecified atom stereocenters. The predicted molar refractivity (Wildman–Crippen MR) is 51.3 cm³/mol. The maximum Gasteiger partial charge on any atom is 0.212 e. The number of imidazole rings is 1. The van der Waals surface area contributed by atoms with E-state index in [1.54, 1.807) is 13.1 Å². The maximum atomic E-state index is 11.2. The Morgan fingerprint density at radius 1 is 1.64 bits per heavy atom. The Labute approximate surface area is 82.9 Å². The van der Waals surface area contributed by atoms with Crippen molar-refractivity contribution in [2.24, 2.45) is 0 Å². The second kappa shape index (κ2) is 4.24. The maximum absolute atomic E-state index is 11.2. The van der Waals surface area contributed by atoms with E-state index in [1.165, 1.54) is 10.8 Å². The molecule has 0 spiro atoms. The number of hydrogen-bond acceptors (Lipinski definition) is 4. The van der Waals surface area contributed by atoms with Crippen molar-refractivity contribution in [2.45, 2.75) is 13.5 Å². The Kier molecular flexibility index (Phi) is 3.25.